The highest BCUT2D eigenvalue weighted by Gasteiger charge is 2.43. The zero-order valence-corrected chi connectivity index (χ0v) is 41.2. The number of ether oxygens (including phenoxy) is 4. The fourth-order valence-electron chi connectivity index (χ4n) is 8.75. The molecule has 378 valence electrons. The molecule has 0 aromatic heterocycles. The Kier molecular flexibility index (Phi) is 15.0. The van der Waals surface area contributed by atoms with Gasteiger partial charge in [-0.2, -0.15) is 8.42 Å². The van der Waals surface area contributed by atoms with Crippen LogP contribution in [0, 0.1) is 20.2 Å². The number of nitrogens with zero attached hydrogens (tertiary/aromatic N) is 4. The third kappa shape index (κ3) is 11.0. The molecule has 1 amide bonds. The van der Waals surface area contributed by atoms with E-state index in [0.29, 0.717) is 5.71 Å². The molecular weight excluding hydrogens is 955 g/mol. The lowest BCUT2D eigenvalue weighted by Gasteiger charge is -2.32. The van der Waals surface area contributed by atoms with Crippen LogP contribution in [-0.4, -0.2) is 98.6 Å². The van der Waals surface area contributed by atoms with Gasteiger partial charge in [0, 0.05) is 72.2 Å². The van der Waals surface area contributed by atoms with E-state index >= 15 is 0 Å². The minimum absolute atomic E-state index is 0.00386. The molecule has 72 heavy (non-hydrogen) atoms. The molecule has 4 aromatic rings. The number of hydrogen-bond acceptors (Lipinski definition) is 17. The van der Waals surface area contributed by atoms with Crippen LogP contribution in [0.5, 0.6) is 17.2 Å². The van der Waals surface area contributed by atoms with Crippen LogP contribution < -0.4 is 35.1 Å². The van der Waals surface area contributed by atoms with Crippen LogP contribution in [0.3, 0.4) is 0 Å². The van der Waals surface area contributed by atoms with E-state index in [1.807, 2.05) is 88.2 Å². The molecule has 3 aliphatic rings. The number of allylic oxidation sites excluding steroid dienone is 5. The van der Waals surface area contributed by atoms with E-state index in [0.717, 1.165) is 46.4 Å². The van der Waals surface area contributed by atoms with Gasteiger partial charge in [-0.1, -0.05) is 64.1 Å². The van der Waals surface area contributed by atoms with Crippen molar-refractivity contribution in [3.8, 4) is 17.2 Å². The Hall–Kier alpha value is -7.95. The number of benzene rings is 4. The largest absolute Gasteiger partial charge is 0.514 e. The zero-order chi connectivity index (χ0) is 52.3. The number of non-ortho nitro benzene ring substituents is 1. The highest BCUT2D eigenvalue weighted by Crippen LogP contribution is 2.49. The summed E-state index contributed by atoms with van der Waals surface area (Å²) in [5.74, 6) is -2.12. The lowest BCUT2D eigenvalue weighted by Crippen LogP contribution is -2.51. The first-order chi connectivity index (χ1) is 34.0. The summed E-state index contributed by atoms with van der Waals surface area (Å²) in [6.45, 7) is 9.66. The summed E-state index contributed by atoms with van der Waals surface area (Å²) >= 11 is 0. The Bertz CT molecular complexity index is 3090. The van der Waals surface area contributed by atoms with Crippen LogP contribution in [0.15, 0.2) is 125 Å². The van der Waals surface area contributed by atoms with Gasteiger partial charge in [0.1, 0.15) is 30.3 Å². The van der Waals surface area contributed by atoms with Gasteiger partial charge in [-0.3, -0.25) is 39.4 Å². The highest BCUT2D eigenvalue weighted by molar-refractivity contribution is 7.85. The number of para-hydroxylation sites is 2. The number of rotatable bonds is 20. The van der Waals surface area contributed by atoms with Crippen molar-refractivity contribution >= 4 is 56.4 Å². The molecule has 0 radical (unpaired) electrons. The molecular formula is C50H53N7O14S. The first-order valence-electron chi connectivity index (χ1n) is 22.6. The molecule has 0 saturated heterocycles. The second-order valence-corrected chi connectivity index (χ2v) is 19.6. The zero-order valence-electron chi connectivity index (χ0n) is 40.4. The number of amides is 1. The van der Waals surface area contributed by atoms with Gasteiger partial charge >= 0.3 is 6.16 Å². The molecule has 1 aliphatic carbocycles. The van der Waals surface area contributed by atoms with E-state index in [1.54, 1.807) is 12.2 Å². The minimum Gasteiger partial charge on any atom is -0.493 e. The van der Waals surface area contributed by atoms with Crippen molar-refractivity contribution in [1.29, 1.82) is 0 Å². The van der Waals surface area contributed by atoms with Crippen molar-refractivity contribution in [2.24, 2.45) is 4.99 Å². The topological polar surface area (TPSA) is 280 Å². The van der Waals surface area contributed by atoms with Gasteiger partial charge in [0.25, 0.3) is 21.5 Å². The van der Waals surface area contributed by atoms with Crippen LogP contribution in [0.4, 0.5) is 27.5 Å². The molecule has 0 saturated carbocycles. The predicted octanol–water partition coefficient (Wildman–Crippen LogP) is 6.86. The van der Waals surface area contributed by atoms with Crippen LogP contribution in [0.2, 0.25) is 0 Å². The van der Waals surface area contributed by atoms with Crippen LogP contribution >= 0.6 is 0 Å². The average Bonchev–Trinajstić information content (AvgIpc) is 3.70. The van der Waals surface area contributed by atoms with Gasteiger partial charge in [0.05, 0.1) is 45.7 Å². The predicted molar refractivity (Wildman–Crippen MR) is 266 cm³/mol. The van der Waals surface area contributed by atoms with E-state index in [4.69, 9.17) is 23.9 Å². The smallest absolute Gasteiger partial charge is 0.493 e. The van der Waals surface area contributed by atoms with Crippen molar-refractivity contribution in [3.63, 3.8) is 0 Å². The third-order valence-corrected chi connectivity index (χ3v) is 13.4. The number of methoxy groups -OCH3 is 1. The number of carbonyl (C=O) groups excluding carboxylic acids is 3. The molecule has 21 nitrogen and oxygen atoms in total. The van der Waals surface area contributed by atoms with E-state index < -0.39 is 66.4 Å². The second kappa shape index (κ2) is 20.8. The fraction of sp³-hybridized carbons (Fsp3) is 0.320. The van der Waals surface area contributed by atoms with Crippen molar-refractivity contribution in [2.75, 3.05) is 51.1 Å². The molecule has 4 aromatic carbocycles. The van der Waals surface area contributed by atoms with Gasteiger partial charge in [0.2, 0.25) is 5.91 Å². The second-order valence-electron chi connectivity index (χ2n) is 18.1. The number of aliphatic imine (C=N–C) groups is 1. The highest BCUT2D eigenvalue weighted by atomic mass is 32.2. The van der Waals surface area contributed by atoms with Gasteiger partial charge < -0.3 is 39.8 Å². The van der Waals surface area contributed by atoms with E-state index in [9.17, 15) is 47.6 Å². The number of fused-ring (bicyclic) bond motifs is 2. The third-order valence-electron chi connectivity index (χ3n) is 12.6. The Balaban J connectivity index is 1.01. The fourth-order valence-corrected chi connectivity index (χ4v) is 9.40. The van der Waals surface area contributed by atoms with Crippen molar-refractivity contribution in [1.82, 2.24) is 16.0 Å². The lowest BCUT2D eigenvalue weighted by atomic mass is 9.77. The minimum atomic E-state index is -4.75. The molecule has 0 spiro atoms. The molecule has 2 unspecified atom stereocenters. The SMILES string of the molecule is COc1cc(C(C)OC(=O)Oc2ccc([N+](=O)[O-])cc2)c([N+](=O)[O-])cc1OCCNCCNC(=O)C(CS(=O)(=O)O)NC1=C(/C=C2/N(C)c3ccccc3C2(C)C)C(=O)/C1=C\C1=Nc2ccccc2C1(C)C. The quantitative estimate of drug-likeness (QED) is 0.0134. The van der Waals surface area contributed by atoms with Crippen LogP contribution in [-0.2, 0) is 35.3 Å². The van der Waals surface area contributed by atoms with Crippen molar-refractivity contribution in [2.45, 2.75) is 57.6 Å². The molecule has 2 heterocycles. The van der Waals surface area contributed by atoms with Gasteiger partial charge in [-0.05, 0) is 60.5 Å². The summed E-state index contributed by atoms with van der Waals surface area (Å²) in [5.41, 5.74) is 3.86. The van der Waals surface area contributed by atoms with Gasteiger partial charge in [-0.15, -0.1) is 0 Å². The summed E-state index contributed by atoms with van der Waals surface area (Å²) in [7, 11) is -1.54. The van der Waals surface area contributed by atoms with Crippen LogP contribution in [0.25, 0.3) is 0 Å². The summed E-state index contributed by atoms with van der Waals surface area (Å²) in [5, 5.41) is 31.8. The van der Waals surface area contributed by atoms with Gasteiger partial charge in [-0.25, -0.2) is 4.79 Å². The van der Waals surface area contributed by atoms with Crippen molar-refractivity contribution < 1.29 is 56.1 Å². The van der Waals surface area contributed by atoms with Crippen molar-refractivity contribution in [3.05, 3.63) is 157 Å². The number of anilines is 1. The average molecular weight is 1010 g/mol. The van der Waals surface area contributed by atoms with E-state index in [2.05, 4.69) is 16.0 Å². The number of ketones is 1. The van der Waals surface area contributed by atoms with E-state index in [1.165, 1.54) is 32.2 Å². The Labute approximate surface area is 414 Å². The Morgan fingerprint density at radius 1 is 0.889 bits per heavy atom. The Morgan fingerprint density at radius 2 is 1.57 bits per heavy atom. The summed E-state index contributed by atoms with van der Waals surface area (Å²) in [4.78, 5) is 69.1. The molecule has 7 rings (SSSR count). The molecule has 2 atom stereocenters. The number of hydrogen-bond donors (Lipinski definition) is 4. The first-order valence-corrected chi connectivity index (χ1v) is 24.2. The number of carbonyl (C=O) groups is 3. The summed E-state index contributed by atoms with van der Waals surface area (Å²) in [6.07, 6.45) is 0.971. The number of nitrogens with one attached hydrogen (secondary N) is 3. The summed E-state index contributed by atoms with van der Waals surface area (Å²) in [6, 6.07) is 21.0. The van der Waals surface area contributed by atoms with Gasteiger partial charge in [0.15, 0.2) is 17.3 Å². The normalized spacial score (nSPS) is 17.3. The molecule has 0 fully saturated rings. The monoisotopic (exact) mass is 1010 g/mol. The molecule has 2 aliphatic heterocycles. The molecule has 22 heteroatoms. The standard InChI is InChI=1S/C50H53N7O14S/c1-29(70-48(60)71-31-18-16-30(17-19-31)56(61)62)32-24-41(68-7)42(27-40(32)57(63)64)69-23-22-51-20-21-52-47(59)38(28-72(65,66)67)54-45-33(25-43-49(2,3)35-12-8-10-14-37(35)53-43)46(58)34(45)26-44-50(4,5)36-13-9-11-15-39(36)55(44)6/h8-19,24-27,29,38,51,54H,20-23,28H2,1-7H3,(H,52,59)(H,65,66,67)/b33-25-,44-26+. The summed E-state index contributed by atoms with van der Waals surface area (Å²) < 4.78 is 56.4. The number of nitro benzene ring substituents is 2. The maximum atomic E-state index is 14.2. The lowest BCUT2D eigenvalue weighted by molar-refractivity contribution is -0.386. The first kappa shape index (κ1) is 51.9. The number of Topliss-reactive ketones (excluding diaryl/α,β-unsaturated/α-hetero) is 1. The number of nitro groups is 2. The maximum Gasteiger partial charge on any atom is 0.514 e. The van der Waals surface area contributed by atoms with E-state index in [-0.39, 0.29) is 77.4 Å². The number of likely N-dealkylation sites (N-methyl/N-ethyl adjacent to an activating group) is 1. The Morgan fingerprint density at radius 3 is 2.21 bits per heavy atom. The molecule has 0 bridgehead atoms. The van der Waals surface area contributed by atoms with Crippen LogP contribution in [0.1, 0.15) is 57.4 Å². The maximum absolute atomic E-state index is 14.2. The molecule has 4 N–H and O–H groups in total.